The van der Waals surface area contributed by atoms with E-state index in [9.17, 15) is 13.2 Å². The first-order valence-electron chi connectivity index (χ1n) is 8.26. The molecular formula is C17H20ClN3O5S. The van der Waals surface area contributed by atoms with Crippen LogP contribution >= 0.6 is 11.6 Å². The Morgan fingerprint density at radius 3 is 2.74 bits per heavy atom. The number of aryl methyl sites for hydroxylation is 2. The second-order valence-corrected chi connectivity index (χ2v) is 8.46. The van der Waals surface area contributed by atoms with Gasteiger partial charge in [-0.1, -0.05) is 11.6 Å². The van der Waals surface area contributed by atoms with E-state index in [0.717, 1.165) is 17.0 Å². The summed E-state index contributed by atoms with van der Waals surface area (Å²) in [5, 5.41) is 7.00. The summed E-state index contributed by atoms with van der Waals surface area (Å²) < 4.78 is 38.2. The molecule has 0 spiro atoms. The summed E-state index contributed by atoms with van der Waals surface area (Å²) in [5.41, 5.74) is 2.48. The van der Waals surface area contributed by atoms with Gasteiger partial charge in [0.1, 0.15) is 4.90 Å². The van der Waals surface area contributed by atoms with Crippen LogP contribution in [0.2, 0.25) is 5.02 Å². The van der Waals surface area contributed by atoms with E-state index in [2.05, 4.69) is 14.9 Å². The maximum absolute atomic E-state index is 13.3. The van der Waals surface area contributed by atoms with Gasteiger partial charge in [-0.3, -0.25) is 5.10 Å². The Balaban J connectivity index is 2.03. The van der Waals surface area contributed by atoms with E-state index in [-0.39, 0.29) is 35.2 Å². The third-order valence-electron chi connectivity index (χ3n) is 4.54. The molecule has 1 atom stereocenters. The maximum atomic E-state index is 13.3. The molecule has 1 aliphatic rings. The Bertz CT molecular complexity index is 953. The van der Waals surface area contributed by atoms with Crippen LogP contribution in [0.25, 0.3) is 0 Å². The summed E-state index contributed by atoms with van der Waals surface area (Å²) in [4.78, 5) is 11.6. The largest absolute Gasteiger partial charge is 0.465 e. The van der Waals surface area contributed by atoms with Crippen LogP contribution in [-0.2, 0) is 19.5 Å². The monoisotopic (exact) mass is 413 g/mol. The number of nitrogens with zero attached hydrogens (tertiary/aromatic N) is 2. The smallest absolute Gasteiger partial charge is 0.337 e. The Kier molecular flexibility index (Phi) is 5.57. The van der Waals surface area contributed by atoms with Gasteiger partial charge in [0.05, 0.1) is 42.6 Å². The van der Waals surface area contributed by atoms with Crippen LogP contribution < -0.4 is 0 Å². The number of aromatic nitrogens is 2. The predicted molar refractivity (Wildman–Crippen MR) is 98.3 cm³/mol. The molecule has 0 radical (unpaired) electrons. The minimum atomic E-state index is -3.92. The summed E-state index contributed by atoms with van der Waals surface area (Å²) >= 11 is 6.21. The zero-order chi connectivity index (χ0) is 19.8. The van der Waals surface area contributed by atoms with Gasteiger partial charge in [0, 0.05) is 17.8 Å². The molecule has 1 aliphatic heterocycles. The van der Waals surface area contributed by atoms with Gasteiger partial charge in [-0.05, 0) is 32.0 Å². The van der Waals surface area contributed by atoms with Crippen molar-refractivity contribution >= 4 is 27.6 Å². The van der Waals surface area contributed by atoms with Crippen LogP contribution in [0.5, 0.6) is 0 Å². The number of carbonyl (C=O) groups is 1. The van der Waals surface area contributed by atoms with Crippen molar-refractivity contribution in [1.82, 2.24) is 14.5 Å². The maximum Gasteiger partial charge on any atom is 0.337 e. The van der Waals surface area contributed by atoms with E-state index in [1.807, 2.05) is 13.8 Å². The number of rotatable bonds is 4. The molecule has 1 aromatic carbocycles. The van der Waals surface area contributed by atoms with Crippen LogP contribution in [0.15, 0.2) is 23.1 Å². The number of ether oxygens (including phenoxy) is 2. The number of esters is 1. The minimum absolute atomic E-state index is 0.0382. The van der Waals surface area contributed by atoms with E-state index >= 15 is 0 Å². The first-order chi connectivity index (χ1) is 12.8. The topological polar surface area (TPSA) is 102 Å². The highest BCUT2D eigenvalue weighted by Gasteiger charge is 2.38. The van der Waals surface area contributed by atoms with Crippen LogP contribution in [0.1, 0.15) is 33.4 Å². The van der Waals surface area contributed by atoms with Gasteiger partial charge < -0.3 is 9.47 Å². The molecule has 146 valence electrons. The van der Waals surface area contributed by atoms with Crippen molar-refractivity contribution in [2.75, 3.05) is 26.9 Å². The van der Waals surface area contributed by atoms with Gasteiger partial charge in [-0.15, -0.1) is 0 Å². The quantitative estimate of drug-likeness (QED) is 0.771. The minimum Gasteiger partial charge on any atom is -0.465 e. The number of hydrogen-bond acceptors (Lipinski definition) is 6. The number of sulfonamides is 1. The molecule has 27 heavy (non-hydrogen) atoms. The Morgan fingerprint density at radius 2 is 2.15 bits per heavy atom. The van der Waals surface area contributed by atoms with Crippen LogP contribution in [-0.4, -0.2) is 55.8 Å². The summed E-state index contributed by atoms with van der Waals surface area (Å²) in [5.74, 6) is -0.588. The predicted octanol–water partition coefficient (Wildman–Crippen LogP) is 2.23. The van der Waals surface area contributed by atoms with E-state index in [0.29, 0.717) is 0 Å². The summed E-state index contributed by atoms with van der Waals surface area (Å²) in [6, 6.07) is 3.49. The molecule has 2 aromatic rings. The molecule has 1 saturated heterocycles. The van der Waals surface area contributed by atoms with Crippen LogP contribution in [0, 0.1) is 13.8 Å². The van der Waals surface area contributed by atoms with Gasteiger partial charge in [0.25, 0.3) is 0 Å². The highest BCUT2D eigenvalue weighted by molar-refractivity contribution is 7.89. The lowest BCUT2D eigenvalue weighted by molar-refractivity contribution is 0.0316. The summed E-state index contributed by atoms with van der Waals surface area (Å²) in [6.07, 6.45) is 0. The Hall–Kier alpha value is -1.94. The number of morpholine rings is 1. The number of benzene rings is 1. The average molecular weight is 414 g/mol. The van der Waals surface area contributed by atoms with Crippen molar-refractivity contribution in [2.45, 2.75) is 24.8 Å². The molecule has 0 bridgehead atoms. The van der Waals surface area contributed by atoms with Crippen molar-refractivity contribution < 1.29 is 22.7 Å². The number of H-pyrrole nitrogens is 1. The van der Waals surface area contributed by atoms with Crippen molar-refractivity contribution in [3.8, 4) is 0 Å². The van der Waals surface area contributed by atoms with Gasteiger partial charge >= 0.3 is 5.97 Å². The molecule has 0 saturated carbocycles. The lowest BCUT2D eigenvalue weighted by Crippen LogP contribution is -2.43. The van der Waals surface area contributed by atoms with E-state index in [4.69, 9.17) is 16.3 Å². The van der Waals surface area contributed by atoms with E-state index in [1.165, 1.54) is 29.6 Å². The van der Waals surface area contributed by atoms with Gasteiger partial charge in [0.15, 0.2) is 0 Å². The fourth-order valence-electron chi connectivity index (χ4n) is 3.24. The molecule has 10 heteroatoms. The molecule has 1 N–H and O–H groups in total. The summed E-state index contributed by atoms with van der Waals surface area (Å²) in [6.45, 7) is 4.34. The third kappa shape index (κ3) is 3.60. The highest BCUT2D eigenvalue weighted by Crippen LogP contribution is 2.35. The standard InChI is InChI=1S/C17H20ClN3O5S/c1-10-16(11(2)20-19-10)14-9-26-7-6-21(14)27(23,24)15-5-4-12(8-13(15)18)17(22)25-3/h4-5,8,14H,6-7,9H2,1-3H3,(H,19,20)/t14-/m0/s1. The number of nitrogens with one attached hydrogen (secondary N) is 1. The van der Waals surface area contributed by atoms with Crippen LogP contribution in [0.3, 0.4) is 0 Å². The fraction of sp³-hybridized carbons (Fsp3) is 0.412. The Labute approximate surface area is 162 Å². The lowest BCUT2D eigenvalue weighted by Gasteiger charge is -2.35. The second kappa shape index (κ2) is 7.59. The van der Waals surface area contributed by atoms with Crippen molar-refractivity contribution in [3.63, 3.8) is 0 Å². The molecule has 8 nitrogen and oxygen atoms in total. The number of carbonyl (C=O) groups excluding carboxylic acids is 1. The van der Waals surface area contributed by atoms with Crippen molar-refractivity contribution in [2.24, 2.45) is 0 Å². The molecule has 1 fully saturated rings. The first-order valence-corrected chi connectivity index (χ1v) is 10.1. The fourth-order valence-corrected chi connectivity index (χ4v) is 5.32. The third-order valence-corrected chi connectivity index (χ3v) is 6.93. The second-order valence-electron chi connectivity index (χ2n) is 6.19. The normalized spacial score (nSPS) is 18.4. The van der Waals surface area contributed by atoms with Gasteiger partial charge in [0.2, 0.25) is 10.0 Å². The average Bonchev–Trinajstić information content (AvgIpc) is 2.99. The molecular weight excluding hydrogens is 394 g/mol. The molecule has 0 amide bonds. The molecule has 3 rings (SSSR count). The first kappa shape index (κ1) is 19.8. The van der Waals surface area contributed by atoms with E-state index < -0.39 is 22.0 Å². The number of hydrogen-bond donors (Lipinski definition) is 1. The number of aromatic amines is 1. The summed E-state index contributed by atoms with van der Waals surface area (Å²) in [7, 11) is -2.68. The number of halogens is 1. The van der Waals surface area contributed by atoms with Crippen molar-refractivity contribution in [1.29, 1.82) is 0 Å². The number of methoxy groups -OCH3 is 1. The molecule has 2 heterocycles. The van der Waals surface area contributed by atoms with Crippen LogP contribution in [0.4, 0.5) is 0 Å². The lowest BCUT2D eigenvalue weighted by atomic mass is 10.1. The zero-order valence-corrected chi connectivity index (χ0v) is 16.7. The van der Waals surface area contributed by atoms with Crippen molar-refractivity contribution in [3.05, 3.63) is 45.7 Å². The highest BCUT2D eigenvalue weighted by atomic mass is 35.5. The Morgan fingerprint density at radius 1 is 1.41 bits per heavy atom. The molecule has 0 aliphatic carbocycles. The zero-order valence-electron chi connectivity index (χ0n) is 15.2. The van der Waals surface area contributed by atoms with E-state index in [1.54, 1.807) is 0 Å². The van der Waals surface area contributed by atoms with Gasteiger partial charge in [-0.25, -0.2) is 13.2 Å². The molecule has 1 aromatic heterocycles. The molecule has 0 unspecified atom stereocenters. The van der Waals surface area contributed by atoms with Gasteiger partial charge in [-0.2, -0.15) is 9.40 Å². The SMILES string of the molecule is COC(=O)c1ccc(S(=O)(=O)N2CCOC[C@H]2c2c(C)n[nH]c2C)c(Cl)c1.